The van der Waals surface area contributed by atoms with Gasteiger partial charge in [0.25, 0.3) is 0 Å². The molecule has 1 fully saturated rings. The molecule has 1 N–H and O–H groups in total. The highest BCUT2D eigenvalue weighted by Gasteiger charge is 2.22. The first-order chi connectivity index (χ1) is 14.5. The third kappa shape index (κ3) is 5.08. The van der Waals surface area contributed by atoms with Crippen LogP contribution in [0.25, 0.3) is 0 Å². The number of para-hydroxylation sites is 1. The van der Waals surface area contributed by atoms with Crippen LogP contribution in [0, 0.1) is 22.7 Å². The minimum absolute atomic E-state index is 0.0560. The number of rotatable bonds is 4. The van der Waals surface area contributed by atoms with Gasteiger partial charge < -0.3 is 15.1 Å². The standard InChI is InChI=1S/C23H26N6O/c1-18-14-20(21(16-24)17-25)15-19(2)29(18)13-10-27-8-11-28(12-9-27)23(30)26-22-6-4-3-5-7-22/h3-7,14-15H,8-13H2,1-2H3,(H,26,30). The van der Waals surface area contributed by atoms with E-state index < -0.39 is 0 Å². The van der Waals surface area contributed by atoms with Crippen LogP contribution in [0.5, 0.6) is 0 Å². The Balaban J connectivity index is 1.49. The number of hydrogen-bond acceptors (Lipinski definition) is 5. The largest absolute Gasteiger partial charge is 0.348 e. The minimum Gasteiger partial charge on any atom is -0.348 e. The fourth-order valence-corrected chi connectivity index (χ4v) is 3.72. The van der Waals surface area contributed by atoms with Crippen LogP contribution in [0.15, 0.2) is 65.0 Å². The highest BCUT2D eigenvalue weighted by molar-refractivity contribution is 5.89. The molecule has 3 rings (SSSR count). The summed E-state index contributed by atoms with van der Waals surface area (Å²) in [6, 6.07) is 13.4. The van der Waals surface area contributed by atoms with E-state index in [-0.39, 0.29) is 11.6 Å². The van der Waals surface area contributed by atoms with Gasteiger partial charge in [-0.2, -0.15) is 10.5 Å². The number of allylic oxidation sites excluding steroid dienone is 6. The van der Waals surface area contributed by atoms with Gasteiger partial charge in [-0.3, -0.25) is 4.90 Å². The average Bonchev–Trinajstić information content (AvgIpc) is 2.75. The van der Waals surface area contributed by atoms with Gasteiger partial charge in [0, 0.05) is 61.9 Å². The second-order valence-electron chi connectivity index (χ2n) is 7.40. The zero-order valence-corrected chi connectivity index (χ0v) is 17.4. The lowest BCUT2D eigenvalue weighted by atomic mass is 10.0. The monoisotopic (exact) mass is 402 g/mol. The third-order valence-electron chi connectivity index (χ3n) is 5.42. The molecule has 0 bridgehead atoms. The Hall–Kier alpha value is -3.55. The van der Waals surface area contributed by atoms with Gasteiger partial charge in [0.1, 0.15) is 17.7 Å². The maximum Gasteiger partial charge on any atom is 0.321 e. The number of urea groups is 1. The molecule has 1 saturated heterocycles. The molecular formula is C23H26N6O. The molecule has 1 aromatic carbocycles. The molecular weight excluding hydrogens is 376 g/mol. The zero-order valence-electron chi connectivity index (χ0n) is 17.4. The van der Waals surface area contributed by atoms with Crippen molar-refractivity contribution >= 4 is 11.7 Å². The topological polar surface area (TPSA) is 86.4 Å². The summed E-state index contributed by atoms with van der Waals surface area (Å²) in [5, 5.41) is 21.1. The molecule has 0 atom stereocenters. The summed E-state index contributed by atoms with van der Waals surface area (Å²) in [7, 11) is 0. The van der Waals surface area contributed by atoms with Gasteiger partial charge in [0.15, 0.2) is 0 Å². The smallest absolute Gasteiger partial charge is 0.321 e. The quantitative estimate of drug-likeness (QED) is 0.781. The molecule has 0 aliphatic carbocycles. The van der Waals surface area contributed by atoms with Crippen LogP contribution in [-0.4, -0.2) is 60.0 Å². The van der Waals surface area contributed by atoms with Crippen molar-refractivity contribution in [2.24, 2.45) is 0 Å². The van der Waals surface area contributed by atoms with Crippen LogP contribution < -0.4 is 5.32 Å². The Labute approximate surface area is 177 Å². The van der Waals surface area contributed by atoms with Crippen LogP contribution in [0.2, 0.25) is 0 Å². The van der Waals surface area contributed by atoms with E-state index in [4.69, 9.17) is 10.5 Å². The summed E-state index contributed by atoms with van der Waals surface area (Å²) >= 11 is 0. The number of carbonyl (C=O) groups excluding carboxylic acids is 1. The summed E-state index contributed by atoms with van der Waals surface area (Å²) in [6.07, 6.45) is 3.78. The van der Waals surface area contributed by atoms with Crippen molar-refractivity contribution in [1.29, 1.82) is 10.5 Å². The van der Waals surface area contributed by atoms with Gasteiger partial charge in [-0.05, 0) is 38.1 Å². The highest BCUT2D eigenvalue weighted by Crippen LogP contribution is 2.24. The Morgan fingerprint density at radius 1 is 0.967 bits per heavy atom. The highest BCUT2D eigenvalue weighted by atomic mass is 16.2. The van der Waals surface area contributed by atoms with E-state index in [0.717, 1.165) is 43.3 Å². The number of piperazine rings is 1. The minimum atomic E-state index is -0.0560. The summed E-state index contributed by atoms with van der Waals surface area (Å²) in [5.41, 5.74) is 3.66. The lowest BCUT2D eigenvalue weighted by Crippen LogP contribution is -2.51. The number of nitriles is 2. The summed E-state index contributed by atoms with van der Waals surface area (Å²) in [6.45, 7) is 8.75. The van der Waals surface area contributed by atoms with Crippen LogP contribution in [-0.2, 0) is 0 Å². The zero-order chi connectivity index (χ0) is 21.5. The van der Waals surface area contributed by atoms with Crippen LogP contribution in [0.4, 0.5) is 10.5 Å². The van der Waals surface area contributed by atoms with Gasteiger partial charge >= 0.3 is 6.03 Å². The van der Waals surface area contributed by atoms with E-state index in [1.54, 1.807) is 0 Å². The molecule has 0 unspecified atom stereocenters. The molecule has 2 aliphatic rings. The molecule has 7 nitrogen and oxygen atoms in total. The van der Waals surface area contributed by atoms with Crippen LogP contribution in [0.3, 0.4) is 0 Å². The first kappa shape index (κ1) is 21.2. The Morgan fingerprint density at radius 3 is 2.13 bits per heavy atom. The van der Waals surface area contributed by atoms with Crippen molar-refractivity contribution < 1.29 is 4.79 Å². The lowest BCUT2D eigenvalue weighted by Gasteiger charge is -2.37. The van der Waals surface area contributed by atoms with Crippen molar-refractivity contribution in [2.75, 3.05) is 44.6 Å². The SMILES string of the molecule is CC1=CC(=C(C#N)C#N)C=C(C)N1CCN1CCN(C(=O)Nc2ccccc2)CC1. The normalized spacial score (nSPS) is 16.9. The van der Waals surface area contributed by atoms with E-state index in [9.17, 15) is 4.79 Å². The molecule has 154 valence electrons. The summed E-state index contributed by atoms with van der Waals surface area (Å²) in [5.74, 6) is 0. The number of benzene rings is 1. The van der Waals surface area contributed by atoms with Gasteiger partial charge in [-0.1, -0.05) is 18.2 Å². The molecule has 2 aliphatic heterocycles. The molecule has 0 saturated carbocycles. The molecule has 1 aromatic rings. The molecule has 0 radical (unpaired) electrons. The van der Waals surface area contributed by atoms with Gasteiger partial charge in [-0.25, -0.2) is 4.79 Å². The number of hydrogen-bond donors (Lipinski definition) is 1. The van der Waals surface area contributed by atoms with Crippen LogP contribution >= 0.6 is 0 Å². The molecule has 2 heterocycles. The fraction of sp³-hybridized carbons (Fsp3) is 0.348. The Morgan fingerprint density at radius 2 is 1.57 bits per heavy atom. The lowest BCUT2D eigenvalue weighted by molar-refractivity contribution is 0.142. The molecule has 0 spiro atoms. The number of nitrogens with zero attached hydrogens (tertiary/aromatic N) is 5. The molecule has 2 amide bonds. The number of carbonyl (C=O) groups is 1. The summed E-state index contributed by atoms with van der Waals surface area (Å²) < 4.78 is 0. The molecule has 7 heteroatoms. The van der Waals surface area contributed by atoms with Gasteiger partial charge in [-0.15, -0.1) is 0 Å². The number of nitrogens with one attached hydrogen (secondary N) is 1. The first-order valence-electron chi connectivity index (χ1n) is 10.0. The van der Waals surface area contributed by atoms with E-state index in [1.165, 1.54) is 0 Å². The van der Waals surface area contributed by atoms with Crippen molar-refractivity contribution in [1.82, 2.24) is 14.7 Å². The van der Waals surface area contributed by atoms with Crippen molar-refractivity contribution in [3.05, 3.63) is 65.0 Å². The van der Waals surface area contributed by atoms with Gasteiger partial charge in [0.2, 0.25) is 0 Å². The maximum absolute atomic E-state index is 12.4. The second kappa shape index (κ2) is 9.78. The predicted molar refractivity (Wildman–Crippen MR) is 116 cm³/mol. The second-order valence-corrected chi connectivity index (χ2v) is 7.40. The maximum atomic E-state index is 12.4. The van der Waals surface area contributed by atoms with E-state index in [0.29, 0.717) is 18.7 Å². The molecule has 30 heavy (non-hydrogen) atoms. The third-order valence-corrected chi connectivity index (χ3v) is 5.42. The first-order valence-corrected chi connectivity index (χ1v) is 10.0. The van der Waals surface area contributed by atoms with Gasteiger partial charge in [0.05, 0.1) is 0 Å². The Bertz CT molecular complexity index is 918. The van der Waals surface area contributed by atoms with Crippen molar-refractivity contribution in [3.8, 4) is 12.1 Å². The van der Waals surface area contributed by atoms with E-state index in [2.05, 4.69) is 15.1 Å². The predicted octanol–water partition coefficient (Wildman–Crippen LogP) is 3.30. The number of amides is 2. The Kier molecular flexibility index (Phi) is 6.90. The fourth-order valence-electron chi connectivity index (χ4n) is 3.72. The van der Waals surface area contributed by atoms with E-state index >= 15 is 0 Å². The van der Waals surface area contributed by atoms with Crippen molar-refractivity contribution in [2.45, 2.75) is 13.8 Å². The average molecular weight is 403 g/mol. The summed E-state index contributed by atoms with van der Waals surface area (Å²) in [4.78, 5) is 18.8. The van der Waals surface area contributed by atoms with Crippen LogP contribution in [0.1, 0.15) is 13.8 Å². The van der Waals surface area contributed by atoms with Crippen molar-refractivity contribution in [3.63, 3.8) is 0 Å². The number of anilines is 1. The van der Waals surface area contributed by atoms with E-state index in [1.807, 2.05) is 73.4 Å². The molecule has 0 aromatic heterocycles.